The first-order valence-corrected chi connectivity index (χ1v) is 5.94. The third-order valence-electron chi connectivity index (χ3n) is 2.88. The van der Waals surface area contributed by atoms with Gasteiger partial charge in [0.05, 0.1) is 10.6 Å². The van der Waals surface area contributed by atoms with Gasteiger partial charge in [0.1, 0.15) is 5.71 Å². The molecule has 1 amide bonds. The van der Waals surface area contributed by atoms with Crippen LogP contribution in [0.5, 0.6) is 0 Å². The van der Waals surface area contributed by atoms with Crippen molar-refractivity contribution in [3.8, 4) is 0 Å². The molecular weight excluding hydrogens is 248 g/mol. The number of nitro benzene ring substituents is 1. The molecule has 0 aliphatic carbocycles. The van der Waals surface area contributed by atoms with Gasteiger partial charge in [-0.1, -0.05) is 6.07 Å². The Morgan fingerprint density at radius 1 is 1.47 bits per heavy atom. The number of benzene rings is 1. The number of anilines is 1. The van der Waals surface area contributed by atoms with Crippen molar-refractivity contribution in [3.63, 3.8) is 0 Å². The van der Waals surface area contributed by atoms with E-state index < -0.39 is 4.92 Å². The fourth-order valence-electron chi connectivity index (χ4n) is 1.75. The molecule has 7 heteroatoms. The highest BCUT2D eigenvalue weighted by Gasteiger charge is 2.16. The number of nitrogens with zero attached hydrogens (tertiary/aromatic N) is 2. The van der Waals surface area contributed by atoms with Crippen molar-refractivity contribution in [2.45, 2.75) is 19.8 Å². The lowest BCUT2D eigenvalue weighted by Gasteiger charge is -2.14. The zero-order valence-electron chi connectivity index (χ0n) is 10.5. The summed E-state index contributed by atoms with van der Waals surface area (Å²) in [5.74, 6) is -0.193. The summed E-state index contributed by atoms with van der Waals surface area (Å²) >= 11 is 0. The maximum absolute atomic E-state index is 11.5. The van der Waals surface area contributed by atoms with Gasteiger partial charge in [0.15, 0.2) is 0 Å². The van der Waals surface area contributed by atoms with Crippen LogP contribution < -0.4 is 10.7 Å². The molecule has 1 aromatic rings. The van der Waals surface area contributed by atoms with Crippen LogP contribution in [0.1, 0.15) is 18.4 Å². The number of hydrogen-bond donors (Lipinski definition) is 2. The number of hydrazone groups is 1. The van der Waals surface area contributed by atoms with Gasteiger partial charge >= 0.3 is 0 Å². The smallest absolute Gasteiger partial charge is 0.271 e. The number of nitrogens with one attached hydrogen (secondary N) is 2. The predicted octanol–water partition coefficient (Wildman–Crippen LogP) is 1.58. The molecule has 1 aromatic carbocycles. The number of carbonyl (C=O) groups is 1. The molecule has 2 N–H and O–H groups in total. The highest BCUT2D eigenvalue weighted by atomic mass is 16.6. The largest absolute Gasteiger partial charge is 0.351 e. The molecule has 0 aromatic heterocycles. The molecule has 0 spiro atoms. The fraction of sp³-hybridized carbons (Fsp3) is 0.333. The maximum Gasteiger partial charge on any atom is 0.271 e. The number of carbonyl (C=O) groups excluding carboxylic acids is 1. The highest BCUT2D eigenvalue weighted by molar-refractivity contribution is 6.39. The van der Waals surface area contributed by atoms with Gasteiger partial charge < -0.3 is 5.32 Å². The average molecular weight is 262 g/mol. The summed E-state index contributed by atoms with van der Waals surface area (Å²) in [4.78, 5) is 21.7. The van der Waals surface area contributed by atoms with E-state index >= 15 is 0 Å². The second-order valence-electron chi connectivity index (χ2n) is 4.29. The van der Waals surface area contributed by atoms with Gasteiger partial charge in [0, 0.05) is 18.7 Å². The van der Waals surface area contributed by atoms with Gasteiger partial charge in [0.2, 0.25) is 0 Å². The number of nitro groups is 1. The zero-order chi connectivity index (χ0) is 13.8. The van der Waals surface area contributed by atoms with Crippen molar-refractivity contribution in [1.29, 1.82) is 0 Å². The molecule has 7 nitrogen and oxygen atoms in total. The summed E-state index contributed by atoms with van der Waals surface area (Å²) in [5, 5.41) is 17.4. The van der Waals surface area contributed by atoms with Crippen molar-refractivity contribution in [2.24, 2.45) is 5.10 Å². The van der Waals surface area contributed by atoms with E-state index in [0.717, 1.165) is 12.0 Å². The molecule has 100 valence electrons. The molecule has 0 unspecified atom stereocenters. The molecule has 0 atom stereocenters. The van der Waals surface area contributed by atoms with Crippen LogP contribution in [0.4, 0.5) is 11.4 Å². The standard InChI is InChI=1S/C12H14N4O3/c1-8-4-5-9(16(18)19)7-11(8)15-14-10-3-2-6-13-12(10)17/h4-5,7,15H,2-3,6H2,1H3,(H,13,17)/b14-10+. The highest BCUT2D eigenvalue weighted by Crippen LogP contribution is 2.21. The summed E-state index contributed by atoms with van der Waals surface area (Å²) in [7, 11) is 0. The first kappa shape index (κ1) is 13.0. The van der Waals surface area contributed by atoms with E-state index in [2.05, 4.69) is 15.8 Å². The summed E-state index contributed by atoms with van der Waals surface area (Å²) in [6, 6.07) is 4.47. The van der Waals surface area contributed by atoms with Crippen LogP contribution in [0.3, 0.4) is 0 Å². The van der Waals surface area contributed by atoms with Crippen molar-refractivity contribution < 1.29 is 9.72 Å². The van der Waals surface area contributed by atoms with Crippen LogP contribution in [0.15, 0.2) is 23.3 Å². The normalized spacial score (nSPS) is 17.1. The molecule has 1 aliphatic heterocycles. The van der Waals surface area contributed by atoms with E-state index in [4.69, 9.17) is 0 Å². The number of non-ortho nitro benzene ring substituents is 1. The topological polar surface area (TPSA) is 96.6 Å². The SMILES string of the molecule is Cc1ccc([N+](=O)[O-])cc1N/N=C1\CCCNC1=O. The molecule has 0 saturated carbocycles. The number of piperidine rings is 1. The van der Waals surface area contributed by atoms with Crippen molar-refractivity contribution in [3.05, 3.63) is 33.9 Å². The molecular formula is C12H14N4O3. The van der Waals surface area contributed by atoms with E-state index in [1.807, 2.05) is 6.92 Å². The molecule has 1 saturated heterocycles. The molecule has 19 heavy (non-hydrogen) atoms. The predicted molar refractivity (Wildman–Crippen MR) is 71.1 cm³/mol. The second kappa shape index (κ2) is 5.47. The van der Waals surface area contributed by atoms with E-state index in [9.17, 15) is 14.9 Å². The van der Waals surface area contributed by atoms with E-state index in [0.29, 0.717) is 24.4 Å². The number of aryl methyl sites for hydroxylation is 1. The average Bonchev–Trinajstić information content (AvgIpc) is 2.39. The monoisotopic (exact) mass is 262 g/mol. The lowest BCUT2D eigenvalue weighted by atomic mass is 10.1. The summed E-state index contributed by atoms with van der Waals surface area (Å²) in [6.07, 6.45) is 1.45. The van der Waals surface area contributed by atoms with Gasteiger partial charge in [-0.15, -0.1) is 0 Å². The van der Waals surface area contributed by atoms with Crippen LogP contribution in [0.2, 0.25) is 0 Å². The Morgan fingerprint density at radius 2 is 2.26 bits per heavy atom. The van der Waals surface area contributed by atoms with Crippen molar-refractivity contribution >= 4 is 23.0 Å². The lowest BCUT2D eigenvalue weighted by Crippen LogP contribution is -2.37. The third kappa shape index (κ3) is 3.06. The number of amides is 1. The van der Waals surface area contributed by atoms with Crippen LogP contribution in [0, 0.1) is 17.0 Å². The van der Waals surface area contributed by atoms with Gasteiger partial charge in [-0.05, 0) is 25.3 Å². The molecule has 1 heterocycles. The Balaban J connectivity index is 2.18. The molecule has 0 bridgehead atoms. The summed E-state index contributed by atoms with van der Waals surface area (Å²) in [6.45, 7) is 2.47. The van der Waals surface area contributed by atoms with Crippen LogP contribution >= 0.6 is 0 Å². The summed E-state index contributed by atoms with van der Waals surface area (Å²) in [5.41, 5.74) is 4.49. The minimum absolute atomic E-state index is 0.0126. The van der Waals surface area contributed by atoms with Crippen LogP contribution in [0.25, 0.3) is 0 Å². The quantitative estimate of drug-likeness (QED) is 0.638. The van der Waals surface area contributed by atoms with Crippen LogP contribution in [-0.4, -0.2) is 23.1 Å². The Labute approximate surface area is 109 Å². The van der Waals surface area contributed by atoms with Crippen LogP contribution in [-0.2, 0) is 4.79 Å². The first-order valence-electron chi connectivity index (χ1n) is 5.94. The molecule has 0 radical (unpaired) electrons. The Morgan fingerprint density at radius 3 is 2.95 bits per heavy atom. The van der Waals surface area contributed by atoms with E-state index in [1.165, 1.54) is 12.1 Å². The Hall–Kier alpha value is -2.44. The number of hydrogen-bond acceptors (Lipinski definition) is 5. The van der Waals surface area contributed by atoms with Gasteiger partial charge in [0.25, 0.3) is 11.6 Å². The van der Waals surface area contributed by atoms with Crippen molar-refractivity contribution in [1.82, 2.24) is 5.32 Å². The molecule has 2 rings (SSSR count). The first-order chi connectivity index (χ1) is 9.08. The maximum atomic E-state index is 11.5. The minimum atomic E-state index is -0.467. The lowest BCUT2D eigenvalue weighted by molar-refractivity contribution is -0.384. The summed E-state index contributed by atoms with van der Waals surface area (Å²) < 4.78 is 0. The van der Waals surface area contributed by atoms with E-state index in [1.54, 1.807) is 6.07 Å². The Kier molecular flexibility index (Phi) is 3.74. The zero-order valence-corrected chi connectivity index (χ0v) is 10.5. The van der Waals surface area contributed by atoms with Gasteiger partial charge in [-0.2, -0.15) is 5.10 Å². The second-order valence-corrected chi connectivity index (χ2v) is 4.29. The minimum Gasteiger partial charge on any atom is -0.351 e. The van der Waals surface area contributed by atoms with Crippen molar-refractivity contribution in [2.75, 3.05) is 12.0 Å². The van der Waals surface area contributed by atoms with E-state index in [-0.39, 0.29) is 11.6 Å². The van der Waals surface area contributed by atoms with Gasteiger partial charge in [-0.3, -0.25) is 20.3 Å². The fourth-order valence-corrected chi connectivity index (χ4v) is 1.75. The number of rotatable bonds is 3. The molecule has 1 aliphatic rings. The Bertz CT molecular complexity index is 554. The van der Waals surface area contributed by atoms with Gasteiger partial charge in [-0.25, -0.2) is 0 Å². The molecule has 1 fully saturated rings. The third-order valence-corrected chi connectivity index (χ3v) is 2.88.